The minimum absolute atomic E-state index is 0.00954. The monoisotopic (exact) mass is 385 g/mol. The lowest BCUT2D eigenvalue weighted by Gasteiger charge is -2.12. The summed E-state index contributed by atoms with van der Waals surface area (Å²) in [5.41, 5.74) is 7.24. The van der Waals surface area contributed by atoms with E-state index in [1.807, 2.05) is 30.3 Å². The summed E-state index contributed by atoms with van der Waals surface area (Å²) in [5.74, 6) is -1.28. The van der Waals surface area contributed by atoms with Crippen molar-refractivity contribution < 1.29 is 8.78 Å². The van der Waals surface area contributed by atoms with E-state index in [0.29, 0.717) is 5.69 Å². The molecule has 0 aliphatic carbocycles. The number of nitrogens with zero attached hydrogens (tertiary/aromatic N) is 2. The Morgan fingerprint density at radius 1 is 1.00 bits per heavy atom. The van der Waals surface area contributed by atoms with Gasteiger partial charge in [0, 0.05) is 21.2 Å². The van der Waals surface area contributed by atoms with Gasteiger partial charge in [-0.05, 0) is 30.3 Å². The largest absolute Gasteiger partial charge is 0.383 e. The topological polar surface area (TPSA) is 62.7 Å². The quantitative estimate of drug-likeness (QED) is 0.681. The number of rotatable bonds is 2. The average Bonchev–Trinajstić information content (AvgIpc) is 2.57. The third-order valence-corrected chi connectivity index (χ3v) is 4.22. The Morgan fingerprint density at radius 3 is 2.46 bits per heavy atom. The second-order valence-corrected chi connectivity index (χ2v) is 5.89. The highest BCUT2D eigenvalue weighted by molar-refractivity contribution is 9.10. The zero-order valence-electron chi connectivity index (χ0n) is 12.2. The van der Waals surface area contributed by atoms with Gasteiger partial charge in [-0.1, -0.05) is 34.1 Å². The number of anilines is 1. The smallest absolute Gasteiger partial charge is 0.142 e. The number of nitrogens with two attached hydrogens (primary N) is 1. The van der Waals surface area contributed by atoms with Crippen LogP contribution in [-0.4, -0.2) is 4.98 Å². The molecule has 0 aliphatic rings. The molecule has 0 atom stereocenters. The predicted octanol–water partition coefficient (Wildman–Crippen LogP) is 4.91. The highest BCUT2D eigenvalue weighted by atomic mass is 79.9. The lowest BCUT2D eigenvalue weighted by molar-refractivity contribution is 0.603. The van der Waals surface area contributed by atoms with Crippen molar-refractivity contribution in [3.05, 3.63) is 70.2 Å². The van der Waals surface area contributed by atoms with E-state index in [4.69, 9.17) is 5.73 Å². The van der Waals surface area contributed by atoms with Crippen molar-refractivity contribution in [3.63, 3.8) is 0 Å². The lowest BCUT2D eigenvalue weighted by Crippen LogP contribution is -2.01. The molecule has 0 fully saturated rings. The van der Waals surface area contributed by atoms with Crippen LogP contribution in [-0.2, 0) is 0 Å². The van der Waals surface area contributed by atoms with Crippen LogP contribution < -0.4 is 5.73 Å². The van der Waals surface area contributed by atoms with Crippen LogP contribution in [0.3, 0.4) is 0 Å². The van der Waals surface area contributed by atoms with E-state index >= 15 is 0 Å². The Morgan fingerprint density at radius 2 is 1.75 bits per heavy atom. The molecule has 24 heavy (non-hydrogen) atoms. The van der Waals surface area contributed by atoms with Crippen molar-refractivity contribution in [1.82, 2.24) is 4.98 Å². The molecule has 0 saturated heterocycles. The zero-order chi connectivity index (χ0) is 17.3. The fourth-order valence-corrected chi connectivity index (χ4v) is 2.89. The summed E-state index contributed by atoms with van der Waals surface area (Å²) in [5, 5.41) is 9.34. The molecule has 0 amide bonds. The van der Waals surface area contributed by atoms with E-state index in [-0.39, 0.29) is 22.5 Å². The van der Waals surface area contributed by atoms with Crippen molar-refractivity contribution in [3.8, 4) is 28.5 Å². The van der Waals surface area contributed by atoms with E-state index < -0.39 is 11.6 Å². The molecule has 3 nitrogen and oxygen atoms in total. The van der Waals surface area contributed by atoms with Crippen LogP contribution in [0.2, 0.25) is 0 Å². The summed E-state index contributed by atoms with van der Waals surface area (Å²) < 4.78 is 28.5. The number of aromatic nitrogens is 1. The maximum atomic E-state index is 14.2. The van der Waals surface area contributed by atoms with Gasteiger partial charge in [0.1, 0.15) is 29.1 Å². The maximum absolute atomic E-state index is 14.2. The molecule has 0 spiro atoms. The molecule has 3 rings (SSSR count). The van der Waals surface area contributed by atoms with E-state index in [1.54, 1.807) is 0 Å². The van der Waals surface area contributed by atoms with E-state index in [2.05, 4.69) is 20.9 Å². The van der Waals surface area contributed by atoms with Crippen LogP contribution in [0.15, 0.2) is 53.0 Å². The average molecular weight is 386 g/mol. The molecule has 0 bridgehead atoms. The summed E-state index contributed by atoms with van der Waals surface area (Å²) in [6.07, 6.45) is 0. The Balaban J connectivity index is 2.32. The Hall–Kier alpha value is -2.78. The SMILES string of the molecule is N#Cc1c(-c2cc(F)ccc2F)cc(-c2ccccc2Br)nc1N. The van der Waals surface area contributed by atoms with Gasteiger partial charge in [0.2, 0.25) is 0 Å². The normalized spacial score (nSPS) is 10.4. The van der Waals surface area contributed by atoms with Gasteiger partial charge in [-0.25, -0.2) is 13.8 Å². The third-order valence-electron chi connectivity index (χ3n) is 3.53. The van der Waals surface area contributed by atoms with Gasteiger partial charge in [0.25, 0.3) is 0 Å². The zero-order valence-corrected chi connectivity index (χ0v) is 13.8. The molecule has 1 aromatic heterocycles. The van der Waals surface area contributed by atoms with E-state index in [1.165, 1.54) is 6.07 Å². The Bertz CT molecular complexity index is 980. The van der Waals surface area contributed by atoms with Crippen LogP contribution >= 0.6 is 15.9 Å². The number of hydrogen-bond donors (Lipinski definition) is 1. The summed E-state index contributed by atoms with van der Waals surface area (Å²) in [6.45, 7) is 0. The number of hydrogen-bond acceptors (Lipinski definition) is 3. The maximum Gasteiger partial charge on any atom is 0.142 e. The van der Waals surface area contributed by atoms with Gasteiger partial charge in [0.05, 0.1) is 5.69 Å². The molecule has 6 heteroatoms. The lowest BCUT2D eigenvalue weighted by atomic mass is 9.98. The van der Waals surface area contributed by atoms with Crippen molar-refractivity contribution >= 4 is 21.7 Å². The first-order chi connectivity index (χ1) is 11.5. The second kappa shape index (κ2) is 6.38. The summed E-state index contributed by atoms with van der Waals surface area (Å²) in [7, 11) is 0. The van der Waals surface area contributed by atoms with Crippen molar-refractivity contribution in [2.45, 2.75) is 0 Å². The number of benzene rings is 2. The first-order valence-corrected chi connectivity index (χ1v) is 7.71. The van der Waals surface area contributed by atoms with Gasteiger partial charge in [-0.2, -0.15) is 5.26 Å². The molecule has 0 radical (unpaired) electrons. The van der Waals surface area contributed by atoms with Gasteiger partial charge in [0.15, 0.2) is 0 Å². The molecule has 0 unspecified atom stereocenters. The third kappa shape index (κ3) is 2.86. The Labute approximate surface area is 145 Å². The van der Waals surface area contributed by atoms with Crippen LogP contribution in [0.25, 0.3) is 22.4 Å². The fourth-order valence-electron chi connectivity index (χ4n) is 2.41. The first-order valence-electron chi connectivity index (χ1n) is 6.92. The first kappa shape index (κ1) is 16.1. The van der Waals surface area contributed by atoms with Crippen molar-refractivity contribution in [2.75, 3.05) is 5.73 Å². The van der Waals surface area contributed by atoms with Gasteiger partial charge in [-0.15, -0.1) is 0 Å². The van der Waals surface area contributed by atoms with Crippen LogP contribution in [0.1, 0.15) is 5.56 Å². The van der Waals surface area contributed by atoms with Gasteiger partial charge < -0.3 is 5.73 Å². The number of nitrogen functional groups attached to an aromatic ring is 1. The number of nitriles is 1. The van der Waals surface area contributed by atoms with Gasteiger partial charge in [-0.3, -0.25) is 0 Å². The molecule has 0 aliphatic heterocycles. The Kier molecular flexibility index (Phi) is 4.28. The van der Waals surface area contributed by atoms with E-state index in [9.17, 15) is 14.0 Å². The molecular formula is C18H10BrF2N3. The van der Waals surface area contributed by atoms with E-state index in [0.717, 1.165) is 28.2 Å². The van der Waals surface area contributed by atoms with Crippen LogP contribution in [0.4, 0.5) is 14.6 Å². The molecular weight excluding hydrogens is 376 g/mol. The predicted molar refractivity (Wildman–Crippen MR) is 91.9 cm³/mol. The van der Waals surface area contributed by atoms with Gasteiger partial charge >= 0.3 is 0 Å². The van der Waals surface area contributed by atoms with Crippen LogP contribution in [0.5, 0.6) is 0 Å². The molecule has 118 valence electrons. The van der Waals surface area contributed by atoms with Crippen LogP contribution in [0, 0.1) is 23.0 Å². The van der Waals surface area contributed by atoms with Crippen molar-refractivity contribution in [2.24, 2.45) is 0 Å². The molecule has 1 heterocycles. The highest BCUT2D eigenvalue weighted by Gasteiger charge is 2.17. The molecule has 2 aromatic carbocycles. The number of halogens is 3. The second-order valence-electron chi connectivity index (χ2n) is 5.03. The minimum atomic E-state index is -0.642. The summed E-state index contributed by atoms with van der Waals surface area (Å²) in [4.78, 5) is 4.22. The molecule has 0 saturated carbocycles. The highest BCUT2D eigenvalue weighted by Crippen LogP contribution is 2.35. The minimum Gasteiger partial charge on any atom is -0.383 e. The molecule has 3 aromatic rings. The summed E-state index contributed by atoms with van der Waals surface area (Å²) >= 11 is 3.42. The standard InChI is InChI=1S/C18H10BrF2N3/c19-15-4-2-1-3-11(15)17-8-12(14(9-22)18(23)24-17)13-7-10(20)5-6-16(13)21/h1-8H,(H2,23,24). The summed E-state index contributed by atoms with van der Waals surface area (Å²) in [6, 6.07) is 13.8. The molecule has 2 N–H and O–H groups in total. The van der Waals surface area contributed by atoms with Crippen molar-refractivity contribution in [1.29, 1.82) is 5.26 Å². The fraction of sp³-hybridized carbons (Fsp3) is 0. The number of pyridine rings is 1.